The number of aliphatic hydroxyl groups excluding tert-OH is 1. The number of aliphatic hydroxyl groups is 1. The first-order valence-electron chi connectivity index (χ1n) is 8.42. The van der Waals surface area contributed by atoms with Crippen LogP contribution < -0.4 is 4.57 Å². The summed E-state index contributed by atoms with van der Waals surface area (Å²) in [7, 11) is 0. The van der Waals surface area contributed by atoms with Gasteiger partial charge in [0.25, 0.3) is 17.6 Å². The lowest BCUT2D eigenvalue weighted by molar-refractivity contribution is -0.727. The van der Waals surface area contributed by atoms with E-state index in [1.54, 1.807) is 13.8 Å². The van der Waals surface area contributed by atoms with E-state index in [9.17, 15) is 9.90 Å². The van der Waals surface area contributed by atoms with E-state index in [-0.39, 0.29) is 30.0 Å². The van der Waals surface area contributed by atoms with Gasteiger partial charge in [-0.1, -0.05) is 0 Å². The molecule has 0 spiro atoms. The van der Waals surface area contributed by atoms with E-state index in [1.807, 2.05) is 0 Å². The van der Waals surface area contributed by atoms with E-state index in [0.717, 1.165) is 17.2 Å². The highest BCUT2D eigenvalue weighted by atomic mass is 16.8. The maximum Gasteiger partial charge on any atom is 0.345 e. The molecule has 134 valence electrons. The van der Waals surface area contributed by atoms with Crippen molar-refractivity contribution in [3.63, 3.8) is 0 Å². The summed E-state index contributed by atoms with van der Waals surface area (Å²) in [5, 5.41) is 10.2. The first kappa shape index (κ1) is 18.4. The molecular weight excluding hydrogens is 308 g/mol. The van der Waals surface area contributed by atoms with Gasteiger partial charge in [-0.25, -0.2) is 13.9 Å². The Hall–Kier alpha value is -1.98. The second kappa shape index (κ2) is 6.15. The van der Waals surface area contributed by atoms with Crippen molar-refractivity contribution in [1.29, 1.82) is 0 Å². The third kappa shape index (κ3) is 3.14. The number of rotatable bonds is 4. The molecule has 0 amide bonds. The Balaban J connectivity index is 2.57. The normalized spacial score (nSPS) is 17.5. The van der Waals surface area contributed by atoms with Crippen LogP contribution in [0.4, 0.5) is 0 Å². The van der Waals surface area contributed by atoms with Crippen molar-refractivity contribution in [3.05, 3.63) is 28.7 Å². The molecule has 0 saturated heterocycles. The van der Waals surface area contributed by atoms with Crippen LogP contribution in [-0.4, -0.2) is 21.4 Å². The Bertz CT molecular complexity index is 665. The number of imidazole rings is 1. The summed E-state index contributed by atoms with van der Waals surface area (Å²) < 4.78 is 15.0. The van der Waals surface area contributed by atoms with Gasteiger partial charge in [0.2, 0.25) is 0 Å². The summed E-state index contributed by atoms with van der Waals surface area (Å²) in [4.78, 5) is 12.3. The summed E-state index contributed by atoms with van der Waals surface area (Å²) >= 11 is 0. The van der Waals surface area contributed by atoms with Gasteiger partial charge >= 0.3 is 5.97 Å². The van der Waals surface area contributed by atoms with Crippen LogP contribution in [0.15, 0.2) is 11.5 Å². The number of ether oxygens (including phenoxy) is 2. The van der Waals surface area contributed by atoms with Crippen LogP contribution in [0.2, 0.25) is 0 Å². The molecule has 1 aromatic heterocycles. The Morgan fingerprint density at radius 3 is 2.21 bits per heavy atom. The monoisotopic (exact) mass is 337 g/mol. The minimum absolute atomic E-state index is 0.156. The lowest BCUT2D eigenvalue weighted by atomic mass is 10.1. The number of cyclic esters (lactones) is 1. The SMILES string of the molecule is Cc1c(C)[n+](C(C)C)c(CC2=C(O)OC(C)(C)OC2=O)n1C(C)C. The Morgan fingerprint density at radius 1 is 1.17 bits per heavy atom. The fraction of sp³-hybridized carbons (Fsp3) is 0.667. The van der Waals surface area contributed by atoms with E-state index in [1.165, 1.54) is 0 Å². The third-order valence-corrected chi connectivity index (χ3v) is 4.36. The molecule has 0 saturated carbocycles. The molecule has 0 bridgehead atoms. The van der Waals surface area contributed by atoms with Gasteiger partial charge in [-0.3, -0.25) is 0 Å². The largest absolute Gasteiger partial charge is 0.481 e. The molecule has 1 aliphatic heterocycles. The first-order valence-corrected chi connectivity index (χ1v) is 8.42. The van der Waals surface area contributed by atoms with Gasteiger partial charge in [0.05, 0.1) is 18.5 Å². The molecule has 0 aromatic carbocycles. The van der Waals surface area contributed by atoms with Crippen LogP contribution in [-0.2, 0) is 20.7 Å². The minimum atomic E-state index is -1.15. The topological polar surface area (TPSA) is 64.6 Å². The van der Waals surface area contributed by atoms with Gasteiger partial charge in [-0.15, -0.1) is 0 Å². The number of aromatic nitrogens is 2. The zero-order valence-electron chi connectivity index (χ0n) is 15.9. The Labute approximate surface area is 143 Å². The van der Waals surface area contributed by atoms with Crippen LogP contribution >= 0.6 is 0 Å². The number of esters is 1. The molecule has 1 aliphatic rings. The molecule has 0 fully saturated rings. The van der Waals surface area contributed by atoms with Crippen molar-refractivity contribution in [1.82, 2.24) is 4.57 Å². The molecule has 0 atom stereocenters. The highest BCUT2D eigenvalue weighted by Gasteiger charge is 2.39. The number of carbonyl (C=O) groups is 1. The second-order valence-corrected chi connectivity index (χ2v) is 7.37. The molecule has 1 aromatic rings. The van der Waals surface area contributed by atoms with Crippen molar-refractivity contribution in [2.45, 2.75) is 79.7 Å². The molecule has 6 nitrogen and oxygen atoms in total. The van der Waals surface area contributed by atoms with Gasteiger partial charge in [0.15, 0.2) is 0 Å². The quantitative estimate of drug-likeness (QED) is 0.677. The summed E-state index contributed by atoms with van der Waals surface area (Å²) in [6, 6.07) is 0.469. The minimum Gasteiger partial charge on any atom is -0.481 e. The number of hydrogen-bond acceptors (Lipinski definition) is 4. The maximum absolute atomic E-state index is 12.3. The van der Waals surface area contributed by atoms with Gasteiger partial charge in [-0.05, 0) is 27.7 Å². The molecule has 0 radical (unpaired) electrons. The Kier molecular flexibility index (Phi) is 4.70. The zero-order chi connectivity index (χ0) is 18.4. The predicted molar refractivity (Wildman–Crippen MR) is 89.5 cm³/mol. The van der Waals surface area contributed by atoms with Crippen molar-refractivity contribution in [2.24, 2.45) is 0 Å². The van der Waals surface area contributed by atoms with Crippen LogP contribution in [0.1, 0.15) is 70.8 Å². The zero-order valence-corrected chi connectivity index (χ0v) is 15.9. The molecule has 2 rings (SSSR count). The van der Waals surface area contributed by atoms with E-state index in [0.29, 0.717) is 0 Å². The lowest BCUT2D eigenvalue weighted by Gasteiger charge is -2.30. The molecule has 2 heterocycles. The summed E-state index contributed by atoms with van der Waals surface area (Å²) in [6.07, 6.45) is 0.256. The molecular formula is C18H29N2O4+. The van der Waals surface area contributed by atoms with Crippen LogP contribution in [0.3, 0.4) is 0 Å². The third-order valence-electron chi connectivity index (χ3n) is 4.36. The van der Waals surface area contributed by atoms with Gasteiger partial charge in [0.1, 0.15) is 17.0 Å². The average molecular weight is 337 g/mol. The number of carbonyl (C=O) groups excluding carboxylic acids is 1. The van der Waals surface area contributed by atoms with E-state index >= 15 is 0 Å². The van der Waals surface area contributed by atoms with E-state index in [2.05, 4.69) is 50.7 Å². The number of hydrogen-bond donors (Lipinski definition) is 1. The summed E-state index contributed by atoms with van der Waals surface area (Å²) in [6.45, 7) is 15.8. The van der Waals surface area contributed by atoms with Gasteiger partial charge < -0.3 is 14.6 Å². The fourth-order valence-electron chi connectivity index (χ4n) is 3.39. The van der Waals surface area contributed by atoms with Crippen LogP contribution in [0.5, 0.6) is 0 Å². The average Bonchev–Trinajstić information content (AvgIpc) is 2.64. The Morgan fingerprint density at radius 2 is 1.75 bits per heavy atom. The standard InChI is InChI=1S/C18H28N2O4/c1-10(2)19-12(5)13(6)20(11(3)4)15(19)9-14-16(21)23-18(7,8)24-17(14)22/h10-11H,9H2,1-8H3/p+1. The van der Waals surface area contributed by atoms with Crippen molar-refractivity contribution in [3.8, 4) is 0 Å². The molecule has 6 heteroatoms. The van der Waals surface area contributed by atoms with Crippen molar-refractivity contribution in [2.75, 3.05) is 0 Å². The highest BCUT2D eigenvalue weighted by molar-refractivity contribution is 5.89. The molecule has 0 aliphatic carbocycles. The highest BCUT2D eigenvalue weighted by Crippen LogP contribution is 2.28. The summed E-state index contributed by atoms with van der Waals surface area (Å²) in [5.41, 5.74) is 2.46. The smallest absolute Gasteiger partial charge is 0.345 e. The first-order chi connectivity index (χ1) is 11.0. The van der Waals surface area contributed by atoms with E-state index in [4.69, 9.17) is 9.47 Å². The van der Waals surface area contributed by atoms with Gasteiger partial charge in [-0.2, -0.15) is 0 Å². The molecule has 1 N–H and O–H groups in total. The van der Waals surface area contributed by atoms with E-state index < -0.39 is 11.8 Å². The fourth-order valence-corrected chi connectivity index (χ4v) is 3.39. The lowest BCUT2D eigenvalue weighted by Crippen LogP contribution is -2.44. The second-order valence-electron chi connectivity index (χ2n) is 7.37. The predicted octanol–water partition coefficient (Wildman–Crippen LogP) is 3.18. The van der Waals surface area contributed by atoms with Crippen LogP contribution in [0, 0.1) is 13.8 Å². The van der Waals surface area contributed by atoms with Crippen molar-refractivity contribution >= 4 is 5.97 Å². The molecule has 24 heavy (non-hydrogen) atoms. The van der Waals surface area contributed by atoms with Gasteiger partial charge in [0, 0.05) is 27.7 Å². The summed E-state index contributed by atoms with van der Waals surface area (Å²) in [5.74, 6) is -1.08. The maximum atomic E-state index is 12.3. The van der Waals surface area contributed by atoms with Crippen molar-refractivity contribution < 1.29 is 23.9 Å². The molecule has 0 unspecified atom stereocenters. The van der Waals surface area contributed by atoms with Crippen LogP contribution in [0.25, 0.3) is 0 Å². The number of nitrogens with zero attached hydrogens (tertiary/aromatic N) is 2.